The molecule has 1 heterocycles. The predicted molar refractivity (Wildman–Crippen MR) is 86.9 cm³/mol. The maximum absolute atomic E-state index is 6.08. The summed E-state index contributed by atoms with van der Waals surface area (Å²) in [6.45, 7) is 1.98. The van der Waals surface area contributed by atoms with Gasteiger partial charge in [0.15, 0.2) is 5.58 Å². The molecular formula is C16H15ClN2OS. The summed E-state index contributed by atoms with van der Waals surface area (Å²) in [5, 5.41) is 1.34. The Balaban J connectivity index is 1.93. The molecule has 0 bridgehead atoms. The summed E-state index contributed by atoms with van der Waals surface area (Å²) in [6.07, 6.45) is 0.767. The summed E-state index contributed by atoms with van der Waals surface area (Å²) in [6, 6.07) is 13.6. The van der Waals surface area contributed by atoms with E-state index < -0.39 is 0 Å². The van der Waals surface area contributed by atoms with E-state index in [0.29, 0.717) is 10.2 Å². The molecule has 1 aromatic heterocycles. The minimum atomic E-state index is 0.0754. The number of rotatable bonds is 4. The third-order valence-corrected chi connectivity index (χ3v) is 4.24. The number of nitrogens with zero attached hydrogens (tertiary/aromatic N) is 1. The second-order valence-corrected chi connectivity index (χ2v) is 6.41. The van der Waals surface area contributed by atoms with Gasteiger partial charge < -0.3 is 10.2 Å². The number of hydrogen-bond acceptors (Lipinski definition) is 4. The van der Waals surface area contributed by atoms with E-state index in [-0.39, 0.29) is 6.04 Å². The lowest BCUT2D eigenvalue weighted by molar-refractivity contribution is 0.489. The largest absolute Gasteiger partial charge is 0.431 e. The Labute approximate surface area is 132 Å². The number of hydrogen-bond donors (Lipinski definition) is 1. The number of nitrogens with two attached hydrogens (primary N) is 1. The van der Waals surface area contributed by atoms with E-state index in [2.05, 4.69) is 4.98 Å². The number of halogens is 1. The smallest absolute Gasteiger partial charge is 0.261 e. The van der Waals surface area contributed by atoms with Gasteiger partial charge in [-0.15, -0.1) is 0 Å². The predicted octanol–water partition coefficient (Wildman–Crippen LogP) is 4.52. The van der Waals surface area contributed by atoms with Crippen molar-refractivity contribution in [3.8, 4) is 0 Å². The van der Waals surface area contributed by atoms with Crippen molar-refractivity contribution in [2.24, 2.45) is 5.73 Å². The highest BCUT2D eigenvalue weighted by Gasteiger charge is 2.12. The number of para-hydroxylation sites is 2. The van der Waals surface area contributed by atoms with Crippen LogP contribution >= 0.6 is 23.4 Å². The fourth-order valence-electron chi connectivity index (χ4n) is 2.14. The number of benzene rings is 2. The minimum Gasteiger partial charge on any atom is -0.431 e. The van der Waals surface area contributed by atoms with Gasteiger partial charge in [-0.2, -0.15) is 0 Å². The van der Waals surface area contributed by atoms with Crippen LogP contribution in [0.4, 0.5) is 0 Å². The lowest BCUT2D eigenvalue weighted by Crippen LogP contribution is -2.18. The van der Waals surface area contributed by atoms with E-state index in [4.69, 9.17) is 21.8 Å². The van der Waals surface area contributed by atoms with Gasteiger partial charge in [0, 0.05) is 16.0 Å². The van der Waals surface area contributed by atoms with Gasteiger partial charge in [-0.3, -0.25) is 0 Å². The maximum atomic E-state index is 6.08. The molecular weight excluding hydrogens is 304 g/mol. The highest BCUT2D eigenvalue weighted by atomic mass is 35.5. The van der Waals surface area contributed by atoms with Crippen molar-refractivity contribution >= 4 is 34.5 Å². The van der Waals surface area contributed by atoms with Crippen LogP contribution in [0.2, 0.25) is 5.02 Å². The van der Waals surface area contributed by atoms with Crippen LogP contribution in [0, 0.1) is 0 Å². The van der Waals surface area contributed by atoms with E-state index in [1.165, 1.54) is 11.8 Å². The molecule has 2 N–H and O–H groups in total. The van der Waals surface area contributed by atoms with E-state index in [9.17, 15) is 0 Å². The molecule has 0 aliphatic heterocycles. The molecule has 108 valence electrons. The van der Waals surface area contributed by atoms with Crippen LogP contribution in [0.15, 0.2) is 57.0 Å². The summed E-state index contributed by atoms with van der Waals surface area (Å²) in [5.74, 6) is 0. The molecule has 3 rings (SSSR count). The van der Waals surface area contributed by atoms with E-state index >= 15 is 0 Å². The number of fused-ring (bicyclic) bond motifs is 1. The average Bonchev–Trinajstić information content (AvgIpc) is 2.83. The van der Waals surface area contributed by atoms with E-state index in [1.54, 1.807) is 0 Å². The maximum Gasteiger partial charge on any atom is 0.261 e. The molecule has 1 unspecified atom stereocenters. The van der Waals surface area contributed by atoms with Crippen LogP contribution in [0.1, 0.15) is 12.5 Å². The summed E-state index contributed by atoms with van der Waals surface area (Å²) >= 11 is 7.58. The third-order valence-electron chi connectivity index (χ3n) is 3.04. The Morgan fingerprint density at radius 1 is 1.29 bits per heavy atom. The summed E-state index contributed by atoms with van der Waals surface area (Å²) < 4.78 is 5.75. The monoisotopic (exact) mass is 318 g/mol. The van der Waals surface area contributed by atoms with Gasteiger partial charge in [0.05, 0.1) is 0 Å². The Hall–Kier alpha value is -1.49. The lowest BCUT2D eigenvalue weighted by atomic mass is 10.1. The van der Waals surface area contributed by atoms with Crippen LogP contribution in [0.3, 0.4) is 0 Å². The molecule has 3 aromatic rings. The second-order valence-electron chi connectivity index (χ2n) is 4.98. The standard InChI is InChI=1S/C16H15ClN2OS/c1-10(18)8-11-9-12(17)6-7-15(11)21-16-19-13-4-2-3-5-14(13)20-16/h2-7,9-10H,8,18H2,1H3. The van der Waals surface area contributed by atoms with Gasteiger partial charge in [0.25, 0.3) is 5.22 Å². The molecule has 3 nitrogen and oxygen atoms in total. The molecule has 2 aromatic carbocycles. The number of oxazole rings is 1. The highest BCUT2D eigenvalue weighted by Crippen LogP contribution is 2.33. The zero-order valence-electron chi connectivity index (χ0n) is 11.5. The lowest BCUT2D eigenvalue weighted by Gasteiger charge is -2.10. The molecule has 0 saturated heterocycles. The molecule has 0 fully saturated rings. The molecule has 0 spiro atoms. The topological polar surface area (TPSA) is 52.0 Å². The Bertz CT molecular complexity index is 737. The molecule has 0 radical (unpaired) electrons. The first-order valence-corrected chi connectivity index (χ1v) is 7.89. The van der Waals surface area contributed by atoms with Crippen molar-refractivity contribution in [2.45, 2.75) is 29.5 Å². The number of aromatic nitrogens is 1. The first-order valence-electron chi connectivity index (χ1n) is 6.69. The van der Waals surface area contributed by atoms with E-state index in [0.717, 1.165) is 28.0 Å². The SMILES string of the molecule is CC(N)Cc1cc(Cl)ccc1Sc1nc2ccccc2o1. The molecule has 0 aliphatic carbocycles. The highest BCUT2D eigenvalue weighted by molar-refractivity contribution is 7.99. The van der Waals surface area contributed by atoms with Crippen molar-refractivity contribution in [1.82, 2.24) is 4.98 Å². The molecule has 21 heavy (non-hydrogen) atoms. The molecule has 1 atom stereocenters. The Kier molecular flexibility index (Phi) is 4.19. The van der Waals surface area contributed by atoms with Gasteiger partial charge in [-0.25, -0.2) is 4.98 Å². The third kappa shape index (κ3) is 3.40. The van der Waals surface area contributed by atoms with Crippen molar-refractivity contribution in [2.75, 3.05) is 0 Å². The zero-order chi connectivity index (χ0) is 14.8. The van der Waals surface area contributed by atoms with Crippen molar-refractivity contribution in [3.05, 3.63) is 53.1 Å². The minimum absolute atomic E-state index is 0.0754. The van der Waals surface area contributed by atoms with Crippen LogP contribution in [-0.4, -0.2) is 11.0 Å². The summed E-state index contributed by atoms with van der Waals surface area (Å²) in [4.78, 5) is 5.56. The van der Waals surface area contributed by atoms with E-state index in [1.807, 2.05) is 49.4 Å². The molecule has 0 amide bonds. The van der Waals surface area contributed by atoms with Crippen LogP contribution in [0.5, 0.6) is 0 Å². The van der Waals surface area contributed by atoms with Gasteiger partial charge in [-0.1, -0.05) is 23.7 Å². The summed E-state index contributed by atoms with van der Waals surface area (Å²) in [7, 11) is 0. The molecule has 0 saturated carbocycles. The van der Waals surface area contributed by atoms with Gasteiger partial charge in [0.1, 0.15) is 5.52 Å². The Morgan fingerprint density at radius 2 is 2.10 bits per heavy atom. The quantitative estimate of drug-likeness (QED) is 0.768. The van der Waals surface area contributed by atoms with Crippen LogP contribution < -0.4 is 5.73 Å². The zero-order valence-corrected chi connectivity index (χ0v) is 13.1. The first-order chi connectivity index (χ1) is 10.1. The van der Waals surface area contributed by atoms with Crippen LogP contribution in [0.25, 0.3) is 11.1 Å². The molecule has 0 aliphatic rings. The van der Waals surface area contributed by atoms with Crippen molar-refractivity contribution in [1.29, 1.82) is 0 Å². The van der Waals surface area contributed by atoms with Gasteiger partial charge >= 0.3 is 0 Å². The first kappa shape index (κ1) is 14.4. The summed E-state index contributed by atoms with van der Waals surface area (Å²) in [5.41, 5.74) is 8.68. The fraction of sp³-hybridized carbons (Fsp3) is 0.188. The Morgan fingerprint density at radius 3 is 2.86 bits per heavy atom. The average molecular weight is 319 g/mol. The van der Waals surface area contributed by atoms with Crippen molar-refractivity contribution in [3.63, 3.8) is 0 Å². The van der Waals surface area contributed by atoms with Gasteiger partial charge in [0.2, 0.25) is 0 Å². The fourth-order valence-corrected chi connectivity index (χ4v) is 3.21. The molecule has 5 heteroatoms. The van der Waals surface area contributed by atoms with Crippen molar-refractivity contribution < 1.29 is 4.42 Å². The van der Waals surface area contributed by atoms with Gasteiger partial charge in [-0.05, 0) is 61.0 Å². The normalized spacial score (nSPS) is 12.7. The van der Waals surface area contributed by atoms with Crippen LogP contribution in [-0.2, 0) is 6.42 Å². The second kappa shape index (κ2) is 6.10.